The zero-order chi connectivity index (χ0) is 15.5. The van der Waals surface area contributed by atoms with Crippen LogP contribution in [0.15, 0.2) is 30.5 Å². The van der Waals surface area contributed by atoms with Crippen molar-refractivity contribution in [1.29, 1.82) is 0 Å². The molecule has 2 rings (SSSR count). The van der Waals surface area contributed by atoms with Crippen LogP contribution < -0.4 is 5.32 Å². The molecule has 2 heterocycles. The van der Waals surface area contributed by atoms with Crippen LogP contribution in [0.5, 0.6) is 0 Å². The molecule has 0 aliphatic rings. The summed E-state index contributed by atoms with van der Waals surface area (Å²) in [6.45, 7) is 0.123. The molecular formula is C13H9F4N3O. The number of nitrogens with zero attached hydrogens (tertiary/aromatic N) is 2. The van der Waals surface area contributed by atoms with E-state index in [2.05, 4.69) is 15.3 Å². The molecule has 0 fully saturated rings. The summed E-state index contributed by atoms with van der Waals surface area (Å²) in [6, 6.07) is 4.77. The second-order valence-corrected chi connectivity index (χ2v) is 4.10. The Balaban J connectivity index is 2.03. The molecule has 1 N–H and O–H groups in total. The fourth-order valence-electron chi connectivity index (χ4n) is 1.52. The minimum absolute atomic E-state index is 0.123. The van der Waals surface area contributed by atoms with Gasteiger partial charge in [-0.1, -0.05) is 6.07 Å². The Morgan fingerprint density at radius 2 is 1.95 bits per heavy atom. The summed E-state index contributed by atoms with van der Waals surface area (Å²) in [7, 11) is 0. The lowest BCUT2D eigenvalue weighted by atomic mass is 10.2. The van der Waals surface area contributed by atoms with E-state index in [1.807, 2.05) is 0 Å². The molecule has 0 bridgehead atoms. The zero-order valence-electron chi connectivity index (χ0n) is 10.5. The minimum atomic E-state index is -4.48. The topological polar surface area (TPSA) is 54.9 Å². The Bertz CT molecular complexity index is 641. The average Bonchev–Trinajstić information content (AvgIpc) is 2.45. The van der Waals surface area contributed by atoms with Gasteiger partial charge in [0.25, 0.3) is 0 Å². The molecule has 0 amide bonds. The third-order valence-electron chi connectivity index (χ3n) is 2.59. The van der Waals surface area contributed by atoms with Crippen molar-refractivity contribution >= 4 is 12.1 Å². The Morgan fingerprint density at radius 3 is 2.48 bits per heavy atom. The number of rotatable bonds is 4. The van der Waals surface area contributed by atoms with Crippen LogP contribution in [0.2, 0.25) is 0 Å². The number of halogens is 4. The van der Waals surface area contributed by atoms with Crippen LogP contribution in [0.3, 0.4) is 0 Å². The Morgan fingerprint density at radius 1 is 1.19 bits per heavy atom. The van der Waals surface area contributed by atoms with Crippen molar-refractivity contribution in [2.24, 2.45) is 0 Å². The second-order valence-electron chi connectivity index (χ2n) is 4.10. The summed E-state index contributed by atoms with van der Waals surface area (Å²) < 4.78 is 50.2. The molecule has 2 aromatic rings. The van der Waals surface area contributed by atoms with E-state index in [1.54, 1.807) is 0 Å². The number of pyridine rings is 2. The highest BCUT2D eigenvalue weighted by molar-refractivity contribution is 5.74. The van der Waals surface area contributed by atoms with Gasteiger partial charge in [-0.25, -0.2) is 4.98 Å². The van der Waals surface area contributed by atoms with Crippen molar-refractivity contribution in [2.75, 3.05) is 5.32 Å². The maximum atomic E-state index is 13.2. The minimum Gasteiger partial charge on any atom is -0.366 e. The van der Waals surface area contributed by atoms with Crippen LogP contribution in [0, 0.1) is 5.95 Å². The van der Waals surface area contributed by atoms with Gasteiger partial charge in [-0.05, 0) is 23.8 Å². The number of alkyl halides is 3. The highest BCUT2D eigenvalue weighted by atomic mass is 19.4. The first-order valence-corrected chi connectivity index (χ1v) is 5.78. The summed E-state index contributed by atoms with van der Waals surface area (Å²) in [6.07, 6.45) is -3.07. The highest BCUT2D eigenvalue weighted by Crippen LogP contribution is 2.27. The van der Waals surface area contributed by atoms with Gasteiger partial charge in [-0.15, -0.1) is 0 Å². The van der Waals surface area contributed by atoms with E-state index in [0.29, 0.717) is 11.8 Å². The van der Waals surface area contributed by atoms with E-state index in [1.165, 1.54) is 18.2 Å². The molecule has 0 radical (unpaired) electrons. The molecule has 0 saturated heterocycles. The Hall–Kier alpha value is -2.51. The van der Waals surface area contributed by atoms with Crippen LogP contribution in [0.1, 0.15) is 21.6 Å². The molecule has 0 aromatic carbocycles. The number of carbonyl (C=O) groups is 1. The fourth-order valence-corrected chi connectivity index (χ4v) is 1.52. The third kappa shape index (κ3) is 3.74. The molecule has 0 unspecified atom stereocenters. The van der Waals surface area contributed by atoms with Gasteiger partial charge in [-0.3, -0.25) is 9.78 Å². The molecule has 0 atom stereocenters. The van der Waals surface area contributed by atoms with Gasteiger partial charge in [0, 0.05) is 12.7 Å². The first-order chi connectivity index (χ1) is 9.90. The molecule has 0 spiro atoms. The molecule has 0 aliphatic heterocycles. The number of hydrogen-bond acceptors (Lipinski definition) is 4. The van der Waals surface area contributed by atoms with Gasteiger partial charge < -0.3 is 5.32 Å². The number of aromatic nitrogens is 2. The summed E-state index contributed by atoms with van der Waals surface area (Å²) in [4.78, 5) is 17.2. The van der Waals surface area contributed by atoms with Crippen LogP contribution in [-0.4, -0.2) is 16.3 Å². The molecule has 2 aromatic heterocycles. The van der Waals surface area contributed by atoms with Gasteiger partial charge in [0.05, 0.1) is 5.56 Å². The standard InChI is InChI=1S/C13H9F4N3O/c14-12-9(7-21)2-4-11(20-12)19-6-8-1-3-10(18-5-8)13(15,16)17/h1-5,7H,6H2,(H,19,20). The third-order valence-corrected chi connectivity index (χ3v) is 2.59. The van der Waals surface area contributed by atoms with E-state index >= 15 is 0 Å². The normalized spacial score (nSPS) is 11.2. The van der Waals surface area contributed by atoms with E-state index < -0.39 is 17.8 Å². The molecular weight excluding hydrogens is 290 g/mol. The summed E-state index contributed by atoms with van der Waals surface area (Å²) >= 11 is 0. The lowest BCUT2D eigenvalue weighted by Gasteiger charge is -2.08. The van der Waals surface area contributed by atoms with Crippen molar-refractivity contribution in [1.82, 2.24) is 9.97 Å². The average molecular weight is 299 g/mol. The Kier molecular flexibility index (Phi) is 4.15. The van der Waals surface area contributed by atoms with Gasteiger partial charge in [0.15, 0.2) is 6.29 Å². The lowest BCUT2D eigenvalue weighted by Crippen LogP contribution is -2.09. The first kappa shape index (κ1) is 14.9. The van der Waals surface area contributed by atoms with Crippen LogP contribution >= 0.6 is 0 Å². The first-order valence-electron chi connectivity index (χ1n) is 5.78. The summed E-state index contributed by atoms with van der Waals surface area (Å²) in [5, 5.41) is 2.72. The SMILES string of the molecule is O=Cc1ccc(NCc2ccc(C(F)(F)F)nc2)nc1F. The van der Waals surface area contributed by atoms with Crippen LogP contribution in [0.4, 0.5) is 23.4 Å². The van der Waals surface area contributed by atoms with Gasteiger partial charge in [0.1, 0.15) is 11.5 Å². The number of carbonyl (C=O) groups excluding carboxylic acids is 1. The van der Waals surface area contributed by atoms with Crippen molar-refractivity contribution in [2.45, 2.75) is 12.7 Å². The largest absolute Gasteiger partial charge is 0.433 e. The maximum absolute atomic E-state index is 13.2. The number of aldehydes is 1. The molecule has 4 nitrogen and oxygen atoms in total. The number of anilines is 1. The van der Waals surface area contributed by atoms with Gasteiger partial charge in [-0.2, -0.15) is 17.6 Å². The van der Waals surface area contributed by atoms with E-state index in [9.17, 15) is 22.4 Å². The van der Waals surface area contributed by atoms with Crippen molar-refractivity contribution < 1.29 is 22.4 Å². The van der Waals surface area contributed by atoms with Gasteiger partial charge in [0.2, 0.25) is 5.95 Å². The summed E-state index contributed by atoms with van der Waals surface area (Å²) in [5.74, 6) is -0.751. The van der Waals surface area contributed by atoms with Gasteiger partial charge >= 0.3 is 6.18 Å². The van der Waals surface area contributed by atoms with Crippen molar-refractivity contribution in [3.63, 3.8) is 0 Å². The predicted octanol–water partition coefficient (Wildman–Crippen LogP) is 3.06. The molecule has 0 saturated carbocycles. The van der Waals surface area contributed by atoms with Crippen LogP contribution in [-0.2, 0) is 12.7 Å². The molecule has 110 valence electrons. The van der Waals surface area contributed by atoms with E-state index in [4.69, 9.17) is 0 Å². The van der Waals surface area contributed by atoms with E-state index in [-0.39, 0.29) is 17.9 Å². The summed E-state index contributed by atoms with van der Waals surface area (Å²) in [5.41, 5.74) is -0.674. The quantitative estimate of drug-likeness (QED) is 0.535. The predicted molar refractivity (Wildman–Crippen MR) is 66.1 cm³/mol. The zero-order valence-corrected chi connectivity index (χ0v) is 10.5. The van der Waals surface area contributed by atoms with Crippen LogP contribution in [0.25, 0.3) is 0 Å². The van der Waals surface area contributed by atoms with Crippen molar-refractivity contribution in [3.05, 3.63) is 53.2 Å². The Labute approximate surface area is 116 Å². The van der Waals surface area contributed by atoms with Crippen molar-refractivity contribution in [3.8, 4) is 0 Å². The fraction of sp³-hybridized carbons (Fsp3) is 0.154. The molecule has 0 aliphatic carbocycles. The number of hydrogen-bond donors (Lipinski definition) is 1. The maximum Gasteiger partial charge on any atom is 0.433 e. The number of nitrogens with one attached hydrogen (secondary N) is 1. The molecule has 8 heteroatoms. The second kappa shape index (κ2) is 5.86. The molecule has 21 heavy (non-hydrogen) atoms. The lowest BCUT2D eigenvalue weighted by molar-refractivity contribution is -0.141. The van der Waals surface area contributed by atoms with E-state index in [0.717, 1.165) is 12.3 Å². The highest BCUT2D eigenvalue weighted by Gasteiger charge is 2.31. The monoisotopic (exact) mass is 299 g/mol. The smallest absolute Gasteiger partial charge is 0.366 e.